The van der Waals surface area contributed by atoms with Crippen LogP contribution < -0.4 is 5.73 Å². The van der Waals surface area contributed by atoms with Crippen LogP contribution in [0.2, 0.25) is 0 Å². The fraction of sp³-hybridized carbons (Fsp3) is 0.143. The summed E-state index contributed by atoms with van der Waals surface area (Å²) in [5.41, 5.74) is 10.1. The van der Waals surface area contributed by atoms with Crippen molar-refractivity contribution in [1.82, 2.24) is 20.4 Å². The van der Waals surface area contributed by atoms with Crippen LogP contribution in [0.25, 0.3) is 22.2 Å². The number of ketones is 1. The number of Topliss-reactive ketones (excluding diaryl/α,β-unsaturated/α-hetero) is 1. The van der Waals surface area contributed by atoms with Crippen molar-refractivity contribution in [2.45, 2.75) is 19.8 Å². The molecule has 0 fully saturated rings. The second-order valence-electron chi connectivity index (χ2n) is 6.73. The average molecular weight is 375 g/mol. The maximum atomic E-state index is 13.8. The van der Waals surface area contributed by atoms with Gasteiger partial charge in [-0.25, -0.2) is 4.39 Å². The summed E-state index contributed by atoms with van der Waals surface area (Å²) in [6, 6.07) is 14.0. The Balaban J connectivity index is 1.52. The van der Waals surface area contributed by atoms with E-state index in [1.807, 2.05) is 25.1 Å². The van der Waals surface area contributed by atoms with E-state index in [1.54, 1.807) is 24.3 Å². The molecule has 0 spiro atoms. The molecule has 0 saturated carbocycles. The Hall–Kier alpha value is -3.61. The number of rotatable bonds is 5. The van der Waals surface area contributed by atoms with Gasteiger partial charge in [0.15, 0.2) is 5.82 Å². The zero-order valence-electron chi connectivity index (χ0n) is 15.2. The third kappa shape index (κ3) is 3.46. The maximum Gasteiger partial charge on any atom is 0.153 e. The van der Waals surface area contributed by atoms with Crippen LogP contribution >= 0.6 is 0 Å². The molecule has 0 aliphatic rings. The van der Waals surface area contributed by atoms with Gasteiger partial charge in [-0.15, -0.1) is 0 Å². The highest BCUT2D eigenvalue weighted by Gasteiger charge is 2.13. The molecule has 0 atom stereocenters. The number of aromatic amines is 1. The second-order valence-corrected chi connectivity index (χ2v) is 6.73. The smallest absolute Gasteiger partial charge is 0.153 e. The first-order chi connectivity index (χ1) is 13.5. The fourth-order valence-electron chi connectivity index (χ4n) is 3.22. The molecule has 0 amide bonds. The number of nitrogens with one attached hydrogen (secondary N) is 1. The highest BCUT2D eigenvalue weighted by molar-refractivity contribution is 6.00. The van der Waals surface area contributed by atoms with Crippen molar-refractivity contribution in [3.05, 3.63) is 71.2 Å². The Bertz CT molecular complexity index is 1170. The molecule has 2 heterocycles. The zero-order chi connectivity index (χ0) is 19.7. The molecule has 0 saturated heterocycles. The lowest BCUT2D eigenvalue weighted by atomic mass is 10.0. The van der Waals surface area contributed by atoms with Crippen molar-refractivity contribution in [3.8, 4) is 11.3 Å². The van der Waals surface area contributed by atoms with Gasteiger partial charge in [0.1, 0.15) is 11.6 Å². The van der Waals surface area contributed by atoms with Gasteiger partial charge in [-0.1, -0.05) is 29.8 Å². The SMILES string of the molecule is Cc1ccc(F)c(CC(=O)Cc2ccc(-c3cccc4[nH]nc(N)c34)nn2)c1. The van der Waals surface area contributed by atoms with Crippen molar-refractivity contribution in [2.24, 2.45) is 0 Å². The molecule has 2 aromatic carbocycles. The molecule has 4 rings (SSSR count). The number of carbonyl (C=O) groups excluding carboxylic acids is 1. The fourth-order valence-corrected chi connectivity index (χ4v) is 3.22. The van der Waals surface area contributed by atoms with E-state index >= 15 is 0 Å². The first-order valence-electron chi connectivity index (χ1n) is 8.83. The van der Waals surface area contributed by atoms with Crippen molar-refractivity contribution < 1.29 is 9.18 Å². The Kier molecular flexibility index (Phi) is 4.57. The van der Waals surface area contributed by atoms with Crippen LogP contribution in [-0.2, 0) is 17.6 Å². The van der Waals surface area contributed by atoms with Crippen LogP contribution in [0.1, 0.15) is 16.8 Å². The lowest BCUT2D eigenvalue weighted by Crippen LogP contribution is -2.10. The summed E-state index contributed by atoms with van der Waals surface area (Å²) in [7, 11) is 0. The van der Waals surface area contributed by atoms with Crippen LogP contribution in [-0.4, -0.2) is 26.2 Å². The molecule has 7 heteroatoms. The third-order valence-electron chi connectivity index (χ3n) is 4.58. The number of benzene rings is 2. The Morgan fingerprint density at radius 3 is 2.75 bits per heavy atom. The van der Waals surface area contributed by atoms with E-state index < -0.39 is 0 Å². The molecular formula is C21H18FN5O. The molecule has 4 aromatic rings. The van der Waals surface area contributed by atoms with Crippen LogP contribution in [0.15, 0.2) is 48.5 Å². The number of nitrogen functional groups attached to an aromatic ring is 1. The zero-order valence-corrected chi connectivity index (χ0v) is 15.2. The van der Waals surface area contributed by atoms with Gasteiger partial charge in [0.05, 0.1) is 28.7 Å². The third-order valence-corrected chi connectivity index (χ3v) is 4.58. The summed E-state index contributed by atoms with van der Waals surface area (Å²) >= 11 is 0. The second kappa shape index (κ2) is 7.19. The highest BCUT2D eigenvalue weighted by Crippen LogP contribution is 2.29. The molecule has 0 radical (unpaired) electrons. The van der Waals surface area contributed by atoms with Crippen LogP contribution in [0, 0.1) is 12.7 Å². The van der Waals surface area contributed by atoms with E-state index in [9.17, 15) is 9.18 Å². The molecule has 0 aliphatic heterocycles. The molecular weight excluding hydrogens is 357 g/mol. The Morgan fingerprint density at radius 1 is 1.11 bits per heavy atom. The minimum atomic E-state index is -0.369. The topological polar surface area (TPSA) is 97.5 Å². The van der Waals surface area contributed by atoms with E-state index in [0.717, 1.165) is 22.0 Å². The molecule has 2 aromatic heterocycles. The van der Waals surface area contributed by atoms with Gasteiger partial charge in [0.2, 0.25) is 0 Å². The van der Waals surface area contributed by atoms with Gasteiger partial charge >= 0.3 is 0 Å². The van der Waals surface area contributed by atoms with E-state index in [-0.39, 0.29) is 24.4 Å². The van der Waals surface area contributed by atoms with E-state index in [4.69, 9.17) is 5.73 Å². The van der Waals surface area contributed by atoms with Crippen molar-refractivity contribution in [3.63, 3.8) is 0 Å². The Labute approximate surface area is 160 Å². The van der Waals surface area contributed by atoms with Crippen molar-refractivity contribution in [1.29, 1.82) is 0 Å². The summed E-state index contributed by atoms with van der Waals surface area (Å²) in [5.74, 6) is -0.0919. The molecule has 3 N–H and O–H groups in total. The largest absolute Gasteiger partial charge is 0.382 e. The number of nitrogens with two attached hydrogens (primary N) is 1. The number of anilines is 1. The number of fused-ring (bicyclic) bond motifs is 1. The van der Waals surface area contributed by atoms with Gasteiger partial charge in [0, 0.05) is 12.0 Å². The minimum absolute atomic E-state index is 0.0296. The number of H-pyrrole nitrogens is 1. The standard InChI is InChI=1S/C21H18FN5O/c1-12-5-7-17(22)13(9-12)10-15(28)11-14-6-8-18(25-24-14)16-3-2-4-19-20(16)21(23)27-26-19/h2-9H,10-11H2,1H3,(H3,23,26,27). The normalized spacial score (nSPS) is 11.1. The molecule has 0 aliphatic carbocycles. The van der Waals surface area contributed by atoms with Gasteiger partial charge in [0.25, 0.3) is 0 Å². The van der Waals surface area contributed by atoms with Crippen molar-refractivity contribution in [2.75, 3.05) is 5.73 Å². The van der Waals surface area contributed by atoms with Gasteiger partial charge in [-0.2, -0.15) is 15.3 Å². The number of halogens is 1. The predicted octanol–water partition coefficient (Wildman–Crippen LogP) is 3.40. The maximum absolute atomic E-state index is 13.8. The number of aromatic nitrogens is 4. The lowest BCUT2D eigenvalue weighted by molar-refractivity contribution is -0.117. The number of nitrogens with zero attached hydrogens (tertiary/aromatic N) is 3. The van der Waals surface area contributed by atoms with E-state index in [1.165, 1.54) is 6.07 Å². The lowest BCUT2D eigenvalue weighted by Gasteiger charge is -2.06. The summed E-state index contributed by atoms with van der Waals surface area (Å²) in [5, 5.41) is 16.1. The summed E-state index contributed by atoms with van der Waals surface area (Å²) in [6.45, 7) is 1.87. The molecule has 140 valence electrons. The predicted molar refractivity (Wildman–Crippen MR) is 105 cm³/mol. The van der Waals surface area contributed by atoms with Crippen LogP contribution in [0.3, 0.4) is 0 Å². The summed E-state index contributed by atoms with van der Waals surface area (Å²) in [6.07, 6.45) is 0.126. The van der Waals surface area contributed by atoms with Crippen LogP contribution in [0.4, 0.5) is 10.2 Å². The van der Waals surface area contributed by atoms with Gasteiger partial charge in [-0.05, 0) is 36.8 Å². The summed E-state index contributed by atoms with van der Waals surface area (Å²) < 4.78 is 13.8. The molecule has 0 unspecified atom stereocenters. The number of aryl methyl sites for hydroxylation is 1. The molecule has 6 nitrogen and oxygen atoms in total. The van der Waals surface area contributed by atoms with E-state index in [2.05, 4.69) is 20.4 Å². The van der Waals surface area contributed by atoms with Gasteiger partial charge < -0.3 is 5.73 Å². The quantitative estimate of drug-likeness (QED) is 0.557. The van der Waals surface area contributed by atoms with Gasteiger partial charge in [-0.3, -0.25) is 9.89 Å². The Morgan fingerprint density at radius 2 is 1.96 bits per heavy atom. The monoisotopic (exact) mass is 375 g/mol. The molecule has 28 heavy (non-hydrogen) atoms. The number of hydrogen-bond acceptors (Lipinski definition) is 5. The van der Waals surface area contributed by atoms with E-state index in [0.29, 0.717) is 22.8 Å². The molecule has 0 bridgehead atoms. The van der Waals surface area contributed by atoms with Crippen LogP contribution in [0.5, 0.6) is 0 Å². The highest BCUT2D eigenvalue weighted by atomic mass is 19.1. The first kappa shape index (κ1) is 17.8. The number of hydrogen-bond donors (Lipinski definition) is 2. The van der Waals surface area contributed by atoms with Crippen molar-refractivity contribution >= 4 is 22.5 Å². The average Bonchev–Trinajstić information content (AvgIpc) is 3.07. The minimum Gasteiger partial charge on any atom is -0.382 e. The first-order valence-corrected chi connectivity index (χ1v) is 8.83. The number of carbonyl (C=O) groups is 1. The summed E-state index contributed by atoms with van der Waals surface area (Å²) in [4.78, 5) is 12.3.